The van der Waals surface area contributed by atoms with Crippen LogP contribution in [0.4, 0.5) is 4.79 Å². The van der Waals surface area contributed by atoms with Crippen LogP contribution in [-0.2, 0) is 10.0 Å². The standard InChI is InChI=1S/C18H20BrClN4O3S/c1-13(14-3-2-6-21-12-14)22-18(25)23-7-9-24(10-8-23)28(26,27)17-5-4-15(19)11-16(17)20/h2-6,11-13H,7-10H2,1H3,(H,22,25)/t13-/m0/s1. The minimum atomic E-state index is -3.71. The fourth-order valence-electron chi connectivity index (χ4n) is 2.95. The van der Waals surface area contributed by atoms with Gasteiger partial charge in [-0.15, -0.1) is 0 Å². The van der Waals surface area contributed by atoms with E-state index in [1.54, 1.807) is 29.4 Å². The average molecular weight is 488 g/mol. The Balaban J connectivity index is 1.61. The molecule has 2 heterocycles. The van der Waals surface area contributed by atoms with Crippen LogP contribution < -0.4 is 5.32 Å². The molecule has 1 aromatic heterocycles. The summed E-state index contributed by atoms with van der Waals surface area (Å²) in [6.45, 7) is 2.91. The predicted molar refractivity (Wildman–Crippen MR) is 111 cm³/mol. The molecule has 0 unspecified atom stereocenters. The van der Waals surface area contributed by atoms with Gasteiger partial charge in [-0.2, -0.15) is 4.31 Å². The van der Waals surface area contributed by atoms with Crippen molar-refractivity contribution in [1.29, 1.82) is 0 Å². The molecule has 0 spiro atoms. The van der Waals surface area contributed by atoms with Crippen molar-refractivity contribution in [3.05, 3.63) is 57.8 Å². The maximum atomic E-state index is 12.9. The van der Waals surface area contributed by atoms with E-state index in [0.29, 0.717) is 17.6 Å². The highest BCUT2D eigenvalue weighted by Gasteiger charge is 2.31. The van der Waals surface area contributed by atoms with Crippen LogP contribution in [0.5, 0.6) is 0 Å². The van der Waals surface area contributed by atoms with E-state index >= 15 is 0 Å². The number of amides is 2. The Kier molecular flexibility index (Phi) is 6.59. The van der Waals surface area contributed by atoms with Gasteiger partial charge in [0.2, 0.25) is 10.0 Å². The Hall–Kier alpha value is -1.68. The van der Waals surface area contributed by atoms with E-state index in [0.717, 1.165) is 5.56 Å². The van der Waals surface area contributed by atoms with Gasteiger partial charge in [0.25, 0.3) is 0 Å². The molecule has 1 saturated heterocycles. The summed E-state index contributed by atoms with van der Waals surface area (Å²) < 4.78 is 27.8. The van der Waals surface area contributed by atoms with Crippen LogP contribution in [0.25, 0.3) is 0 Å². The van der Waals surface area contributed by atoms with E-state index in [1.807, 2.05) is 19.1 Å². The number of carbonyl (C=O) groups excluding carboxylic acids is 1. The number of benzene rings is 1. The Bertz CT molecular complexity index is 951. The molecule has 1 aromatic carbocycles. The SMILES string of the molecule is C[C@H](NC(=O)N1CCN(S(=O)(=O)c2ccc(Br)cc2Cl)CC1)c1cccnc1. The molecule has 2 aromatic rings. The van der Waals surface area contributed by atoms with Crippen molar-refractivity contribution in [2.75, 3.05) is 26.2 Å². The Morgan fingerprint density at radius 3 is 2.57 bits per heavy atom. The Morgan fingerprint density at radius 1 is 1.25 bits per heavy atom. The largest absolute Gasteiger partial charge is 0.331 e. The van der Waals surface area contributed by atoms with Gasteiger partial charge in [0.05, 0.1) is 11.1 Å². The van der Waals surface area contributed by atoms with Gasteiger partial charge in [0.15, 0.2) is 0 Å². The summed E-state index contributed by atoms with van der Waals surface area (Å²) in [6.07, 6.45) is 3.38. The molecule has 1 fully saturated rings. The van der Waals surface area contributed by atoms with Crippen LogP contribution in [-0.4, -0.2) is 54.8 Å². The molecule has 2 amide bonds. The second-order valence-corrected chi connectivity index (χ2v) is 9.65. The number of sulfonamides is 1. The molecule has 1 N–H and O–H groups in total. The van der Waals surface area contributed by atoms with Crippen molar-refractivity contribution < 1.29 is 13.2 Å². The number of nitrogens with zero attached hydrogens (tertiary/aromatic N) is 3. The van der Waals surface area contributed by atoms with E-state index in [9.17, 15) is 13.2 Å². The van der Waals surface area contributed by atoms with Gasteiger partial charge in [-0.25, -0.2) is 13.2 Å². The van der Waals surface area contributed by atoms with Crippen LogP contribution in [0.15, 0.2) is 52.1 Å². The van der Waals surface area contributed by atoms with Crippen LogP contribution in [0.1, 0.15) is 18.5 Å². The van der Waals surface area contributed by atoms with E-state index < -0.39 is 10.0 Å². The molecule has 3 rings (SSSR count). The van der Waals surface area contributed by atoms with Crippen molar-refractivity contribution in [3.8, 4) is 0 Å². The topological polar surface area (TPSA) is 82.6 Å². The van der Waals surface area contributed by atoms with Gasteiger partial charge in [-0.3, -0.25) is 4.98 Å². The zero-order valence-corrected chi connectivity index (χ0v) is 18.3. The smallest absolute Gasteiger partial charge is 0.317 e. The van der Waals surface area contributed by atoms with Gasteiger partial charge >= 0.3 is 6.03 Å². The van der Waals surface area contributed by atoms with Crippen LogP contribution in [0.2, 0.25) is 5.02 Å². The molecule has 10 heteroatoms. The van der Waals surface area contributed by atoms with Crippen LogP contribution in [0.3, 0.4) is 0 Å². The monoisotopic (exact) mass is 486 g/mol. The van der Waals surface area contributed by atoms with E-state index in [-0.39, 0.29) is 35.1 Å². The zero-order chi connectivity index (χ0) is 20.3. The van der Waals surface area contributed by atoms with E-state index in [4.69, 9.17) is 11.6 Å². The highest BCUT2D eigenvalue weighted by molar-refractivity contribution is 9.10. The predicted octanol–water partition coefficient (Wildman–Crippen LogP) is 3.27. The maximum Gasteiger partial charge on any atom is 0.317 e. The highest BCUT2D eigenvalue weighted by Crippen LogP contribution is 2.28. The van der Waals surface area contributed by atoms with Crippen molar-refractivity contribution in [3.63, 3.8) is 0 Å². The lowest BCUT2D eigenvalue weighted by Gasteiger charge is -2.34. The third-order valence-corrected chi connectivity index (χ3v) is 7.44. The third kappa shape index (κ3) is 4.65. The van der Waals surface area contributed by atoms with Crippen LogP contribution >= 0.6 is 27.5 Å². The molecule has 7 nitrogen and oxygen atoms in total. The summed E-state index contributed by atoms with van der Waals surface area (Å²) in [6, 6.07) is 7.97. The fraction of sp³-hybridized carbons (Fsp3) is 0.333. The molecule has 28 heavy (non-hydrogen) atoms. The minimum absolute atomic E-state index is 0.0699. The number of urea groups is 1. The van der Waals surface area contributed by atoms with E-state index in [1.165, 1.54) is 10.4 Å². The van der Waals surface area contributed by atoms with Gasteiger partial charge < -0.3 is 10.2 Å². The molecule has 0 aliphatic carbocycles. The molecule has 0 radical (unpaired) electrons. The number of pyridine rings is 1. The second kappa shape index (κ2) is 8.77. The molecule has 150 valence electrons. The summed E-state index contributed by atoms with van der Waals surface area (Å²) in [5, 5.41) is 3.09. The number of rotatable bonds is 4. The number of carbonyl (C=O) groups is 1. The molecule has 0 saturated carbocycles. The quantitative estimate of drug-likeness (QED) is 0.717. The van der Waals surface area contributed by atoms with E-state index in [2.05, 4.69) is 26.2 Å². The minimum Gasteiger partial charge on any atom is -0.331 e. The molecule has 1 atom stereocenters. The summed E-state index contributed by atoms with van der Waals surface area (Å²) >= 11 is 9.38. The highest BCUT2D eigenvalue weighted by atomic mass is 79.9. The number of aromatic nitrogens is 1. The summed E-state index contributed by atoms with van der Waals surface area (Å²) in [7, 11) is -3.71. The van der Waals surface area contributed by atoms with Crippen molar-refractivity contribution in [1.82, 2.24) is 19.5 Å². The molecular weight excluding hydrogens is 468 g/mol. The van der Waals surface area contributed by atoms with Gasteiger partial charge in [0, 0.05) is 43.0 Å². The van der Waals surface area contributed by atoms with Crippen molar-refractivity contribution in [2.45, 2.75) is 17.9 Å². The molecule has 1 aliphatic rings. The lowest BCUT2D eigenvalue weighted by molar-refractivity contribution is 0.169. The normalized spacial score (nSPS) is 16.6. The fourth-order valence-corrected chi connectivity index (χ4v) is 5.38. The average Bonchev–Trinajstić information content (AvgIpc) is 2.68. The first-order chi connectivity index (χ1) is 13.3. The summed E-state index contributed by atoms with van der Waals surface area (Å²) in [5.41, 5.74) is 0.905. The first-order valence-corrected chi connectivity index (χ1v) is 11.3. The lowest BCUT2D eigenvalue weighted by atomic mass is 10.1. The first-order valence-electron chi connectivity index (χ1n) is 8.69. The van der Waals surface area contributed by atoms with Gasteiger partial charge in [0.1, 0.15) is 4.90 Å². The maximum absolute atomic E-state index is 12.9. The van der Waals surface area contributed by atoms with Gasteiger partial charge in [-0.1, -0.05) is 33.6 Å². The molecule has 1 aliphatic heterocycles. The second-order valence-electron chi connectivity index (χ2n) is 6.42. The van der Waals surface area contributed by atoms with Crippen molar-refractivity contribution >= 4 is 43.6 Å². The number of nitrogens with one attached hydrogen (secondary N) is 1. The summed E-state index contributed by atoms with van der Waals surface area (Å²) in [5.74, 6) is 0. The third-order valence-electron chi connectivity index (χ3n) is 4.56. The number of hydrogen-bond acceptors (Lipinski definition) is 4. The number of piperazine rings is 1. The van der Waals surface area contributed by atoms with Crippen LogP contribution in [0, 0.1) is 0 Å². The number of halogens is 2. The first kappa shape index (κ1) is 21.0. The Morgan fingerprint density at radius 2 is 1.96 bits per heavy atom. The van der Waals surface area contributed by atoms with Crippen molar-refractivity contribution in [2.24, 2.45) is 0 Å². The number of hydrogen-bond donors (Lipinski definition) is 1. The zero-order valence-electron chi connectivity index (χ0n) is 15.2. The van der Waals surface area contributed by atoms with Gasteiger partial charge in [-0.05, 0) is 36.8 Å². The molecular formula is C18H20BrClN4O3S. The molecule has 0 bridgehead atoms. The Labute approximate surface area is 177 Å². The summed E-state index contributed by atoms with van der Waals surface area (Å²) in [4.78, 5) is 18.2. The lowest BCUT2D eigenvalue weighted by Crippen LogP contribution is -2.53.